The van der Waals surface area contributed by atoms with Crippen LogP contribution in [0.3, 0.4) is 0 Å². The van der Waals surface area contributed by atoms with E-state index in [0.717, 1.165) is 24.3 Å². The predicted octanol–water partition coefficient (Wildman–Crippen LogP) is 3.66. The lowest BCUT2D eigenvalue weighted by atomic mass is 10.1. The van der Waals surface area contributed by atoms with Crippen molar-refractivity contribution in [2.45, 2.75) is 23.8 Å². The van der Waals surface area contributed by atoms with Gasteiger partial charge >= 0.3 is 0 Å². The van der Waals surface area contributed by atoms with E-state index in [4.69, 9.17) is 4.42 Å². The number of benzene rings is 1. The molecule has 1 aromatic carbocycles. The van der Waals surface area contributed by atoms with E-state index in [1.165, 1.54) is 5.56 Å². The summed E-state index contributed by atoms with van der Waals surface area (Å²) in [4.78, 5) is 0. The predicted molar refractivity (Wildman–Crippen MR) is 77.0 cm³/mol. The molecule has 0 saturated heterocycles. The minimum atomic E-state index is 0.687. The summed E-state index contributed by atoms with van der Waals surface area (Å²) in [5.74, 6) is 2.51. The molecule has 0 spiro atoms. The molecule has 0 fully saturated rings. The zero-order valence-electron chi connectivity index (χ0n) is 10.3. The van der Waals surface area contributed by atoms with Gasteiger partial charge in [0.15, 0.2) is 0 Å². The van der Waals surface area contributed by atoms with Crippen molar-refractivity contribution in [1.29, 1.82) is 0 Å². The molecule has 2 rings (SSSR count). The molecule has 0 aliphatic heterocycles. The first kappa shape index (κ1) is 13.5. The minimum absolute atomic E-state index is 0.687. The van der Waals surface area contributed by atoms with Gasteiger partial charge in [0.25, 0.3) is 5.22 Å². The molecule has 3 nitrogen and oxygen atoms in total. The van der Waals surface area contributed by atoms with E-state index < -0.39 is 0 Å². The Kier molecular flexibility index (Phi) is 5.61. The number of aryl methyl sites for hydroxylation is 1. The van der Waals surface area contributed by atoms with Gasteiger partial charge in [-0.05, 0) is 24.7 Å². The Bertz CT molecular complexity index is 459. The minimum Gasteiger partial charge on any atom is -0.415 e. The summed E-state index contributed by atoms with van der Waals surface area (Å²) in [5.41, 5.74) is 1.38. The molecule has 1 heterocycles. The maximum atomic E-state index is 5.50. The van der Waals surface area contributed by atoms with E-state index in [1.807, 2.05) is 12.3 Å². The monoisotopic (exact) mass is 280 g/mol. The molecule has 18 heavy (non-hydrogen) atoms. The van der Waals surface area contributed by atoms with Crippen molar-refractivity contribution < 1.29 is 4.42 Å². The molecule has 96 valence electrons. The van der Waals surface area contributed by atoms with E-state index in [1.54, 1.807) is 23.5 Å². The van der Waals surface area contributed by atoms with Crippen LogP contribution in [0, 0.1) is 0 Å². The molecule has 0 radical (unpaired) electrons. The Balaban J connectivity index is 1.68. The van der Waals surface area contributed by atoms with Crippen LogP contribution in [0.1, 0.15) is 17.9 Å². The molecule has 0 saturated carbocycles. The van der Waals surface area contributed by atoms with E-state index in [2.05, 4.69) is 34.5 Å². The van der Waals surface area contributed by atoms with Gasteiger partial charge in [-0.1, -0.05) is 42.1 Å². The molecule has 0 N–H and O–H groups in total. The maximum absolute atomic E-state index is 5.50. The standard InChI is InChI=1S/C13H16N2OS2/c1-17-10-12-14-15-13(16-12)18-9-5-8-11-6-3-2-4-7-11/h2-4,6-7H,5,8-10H2,1H3. The van der Waals surface area contributed by atoms with Gasteiger partial charge in [0.05, 0.1) is 5.75 Å². The Hall–Kier alpha value is -0.940. The van der Waals surface area contributed by atoms with Crippen LogP contribution in [0.2, 0.25) is 0 Å². The Morgan fingerprint density at radius 2 is 2.00 bits per heavy atom. The number of aromatic nitrogens is 2. The van der Waals surface area contributed by atoms with Crippen LogP contribution in [0.15, 0.2) is 40.0 Å². The Morgan fingerprint density at radius 1 is 1.17 bits per heavy atom. The van der Waals surface area contributed by atoms with Crippen LogP contribution < -0.4 is 0 Å². The van der Waals surface area contributed by atoms with Gasteiger partial charge in [0, 0.05) is 5.75 Å². The summed E-state index contributed by atoms with van der Waals surface area (Å²) in [6, 6.07) is 10.5. The average molecular weight is 280 g/mol. The Morgan fingerprint density at radius 3 is 2.78 bits per heavy atom. The lowest BCUT2D eigenvalue weighted by Gasteiger charge is -1.99. The smallest absolute Gasteiger partial charge is 0.276 e. The first-order valence-corrected chi connectivity index (χ1v) is 8.24. The van der Waals surface area contributed by atoms with Gasteiger partial charge in [0.1, 0.15) is 0 Å². The fraction of sp³-hybridized carbons (Fsp3) is 0.385. The quantitative estimate of drug-likeness (QED) is 0.571. The van der Waals surface area contributed by atoms with Crippen molar-refractivity contribution in [2.24, 2.45) is 0 Å². The summed E-state index contributed by atoms with van der Waals surface area (Å²) in [5, 5.41) is 8.68. The highest BCUT2D eigenvalue weighted by atomic mass is 32.2. The molecule has 0 bridgehead atoms. The van der Waals surface area contributed by atoms with E-state index in [0.29, 0.717) is 11.1 Å². The molecule has 1 aromatic heterocycles. The number of thioether (sulfide) groups is 2. The van der Waals surface area contributed by atoms with Gasteiger partial charge in [-0.15, -0.1) is 10.2 Å². The summed E-state index contributed by atoms with van der Waals surface area (Å²) < 4.78 is 5.50. The SMILES string of the molecule is CSCc1nnc(SCCCc2ccccc2)o1. The maximum Gasteiger partial charge on any atom is 0.276 e. The number of hydrogen-bond acceptors (Lipinski definition) is 5. The van der Waals surface area contributed by atoms with Crippen molar-refractivity contribution in [3.05, 3.63) is 41.8 Å². The third-order valence-electron chi connectivity index (χ3n) is 2.39. The topological polar surface area (TPSA) is 38.9 Å². The molecule has 5 heteroatoms. The molecule has 0 amide bonds. The van der Waals surface area contributed by atoms with E-state index >= 15 is 0 Å². The van der Waals surface area contributed by atoms with Crippen molar-refractivity contribution >= 4 is 23.5 Å². The molecule has 0 atom stereocenters. The molecule has 0 aliphatic carbocycles. The summed E-state index contributed by atoms with van der Waals surface area (Å²) in [6.45, 7) is 0. The molecule has 0 aliphatic rings. The van der Waals surface area contributed by atoms with E-state index in [-0.39, 0.29) is 0 Å². The number of hydrogen-bond donors (Lipinski definition) is 0. The molecular weight excluding hydrogens is 264 g/mol. The molecule has 0 unspecified atom stereocenters. The highest BCUT2D eigenvalue weighted by Crippen LogP contribution is 2.19. The normalized spacial score (nSPS) is 10.7. The van der Waals surface area contributed by atoms with Crippen LogP contribution in [-0.4, -0.2) is 22.2 Å². The summed E-state index contributed by atoms with van der Waals surface area (Å²) in [7, 11) is 0. The van der Waals surface area contributed by atoms with Crippen LogP contribution >= 0.6 is 23.5 Å². The largest absolute Gasteiger partial charge is 0.415 e. The highest BCUT2D eigenvalue weighted by molar-refractivity contribution is 7.99. The van der Waals surface area contributed by atoms with Crippen LogP contribution in [0.5, 0.6) is 0 Å². The average Bonchev–Trinajstić information content (AvgIpc) is 2.84. The van der Waals surface area contributed by atoms with Crippen molar-refractivity contribution in [2.75, 3.05) is 12.0 Å². The zero-order chi connectivity index (χ0) is 12.6. The molecular formula is C13H16N2OS2. The third kappa shape index (κ3) is 4.38. The van der Waals surface area contributed by atoms with Crippen molar-refractivity contribution in [3.8, 4) is 0 Å². The van der Waals surface area contributed by atoms with Crippen LogP contribution in [-0.2, 0) is 12.2 Å². The first-order valence-electron chi connectivity index (χ1n) is 5.86. The lowest BCUT2D eigenvalue weighted by molar-refractivity contribution is 0.426. The fourth-order valence-corrected chi connectivity index (χ4v) is 2.64. The van der Waals surface area contributed by atoms with Gasteiger partial charge in [-0.2, -0.15) is 11.8 Å². The fourth-order valence-electron chi connectivity index (χ4n) is 1.56. The second kappa shape index (κ2) is 7.48. The van der Waals surface area contributed by atoms with Crippen molar-refractivity contribution in [1.82, 2.24) is 10.2 Å². The van der Waals surface area contributed by atoms with Crippen LogP contribution in [0.4, 0.5) is 0 Å². The second-order valence-electron chi connectivity index (χ2n) is 3.83. The van der Waals surface area contributed by atoms with Gasteiger partial charge < -0.3 is 4.42 Å². The van der Waals surface area contributed by atoms with E-state index in [9.17, 15) is 0 Å². The highest BCUT2D eigenvalue weighted by Gasteiger charge is 2.05. The number of rotatable bonds is 7. The number of nitrogens with zero attached hydrogens (tertiary/aromatic N) is 2. The third-order valence-corrected chi connectivity index (χ3v) is 3.83. The van der Waals surface area contributed by atoms with Gasteiger partial charge in [-0.3, -0.25) is 0 Å². The van der Waals surface area contributed by atoms with Crippen molar-refractivity contribution in [3.63, 3.8) is 0 Å². The van der Waals surface area contributed by atoms with Gasteiger partial charge in [0.2, 0.25) is 5.89 Å². The molecule has 2 aromatic rings. The zero-order valence-corrected chi connectivity index (χ0v) is 12.0. The Labute approximate surface area is 116 Å². The lowest BCUT2D eigenvalue weighted by Crippen LogP contribution is -1.87. The summed E-state index contributed by atoms with van der Waals surface area (Å²) >= 11 is 3.32. The first-order chi connectivity index (χ1) is 8.88. The second-order valence-corrected chi connectivity index (χ2v) is 5.74. The van der Waals surface area contributed by atoms with Gasteiger partial charge in [-0.25, -0.2) is 0 Å². The summed E-state index contributed by atoms with van der Waals surface area (Å²) in [6.07, 6.45) is 4.24. The van der Waals surface area contributed by atoms with Crippen LogP contribution in [0.25, 0.3) is 0 Å².